The Morgan fingerprint density at radius 2 is 2.00 bits per heavy atom. The highest BCUT2D eigenvalue weighted by molar-refractivity contribution is 5.85. The van der Waals surface area contributed by atoms with Gasteiger partial charge in [-0.2, -0.15) is 8.78 Å². The number of halogens is 2. The van der Waals surface area contributed by atoms with E-state index in [0.717, 1.165) is 31.7 Å². The summed E-state index contributed by atoms with van der Waals surface area (Å²) in [5.41, 5.74) is -1.53. The number of anilines is 1. The fourth-order valence-electron chi connectivity index (χ4n) is 2.98. The second kappa shape index (κ2) is 6.03. The van der Waals surface area contributed by atoms with Crippen LogP contribution in [0.2, 0.25) is 0 Å². The lowest BCUT2D eigenvalue weighted by Crippen LogP contribution is -2.60. The van der Waals surface area contributed by atoms with Gasteiger partial charge >= 0.3 is 5.92 Å². The van der Waals surface area contributed by atoms with Crippen molar-refractivity contribution in [1.29, 1.82) is 0 Å². The third-order valence-electron chi connectivity index (χ3n) is 4.74. The smallest absolute Gasteiger partial charge is 0.352 e. The largest absolute Gasteiger partial charge is 0.383 e. The summed E-state index contributed by atoms with van der Waals surface area (Å²) < 4.78 is 27.9. The van der Waals surface area contributed by atoms with Crippen LogP contribution in [0.4, 0.5) is 14.6 Å². The number of nitrogens with zero attached hydrogens (tertiary/aromatic N) is 2. The van der Waals surface area contributed by atoms with Gasteiger partial charge in [-0.25, -0.2) is 4.98 Å². The Kier molecular flexibility index (Phi) is 4.23. The van der Waals surface area contributed by atoms with Crippen molar-refractivity contribution in [3.05, 3.63) is 23.9 Å². The molecule has 0 aromatic carbocycles. The van der Waals surface area contributed by atoms with E-state index >= 15 is 0 Å². The van der Waals surface area contributed by atoms with Crippen molar-refractivity contribution in [2.24, 2.45) is 0 Å². The van der Waals surface area contributed by atoms with Crippen molar-refractivity contribution in [3.63, 3.8) is 0 Å². The SMILES string of the molecule is O=C(NCc1ccc(N2CCCC2)nc1)C(F)(F)C1(O)CCC1. The summed E-state index contributed by atoms with van der Waals surface area (Å²) in [5, 5.41) is 11.9. The Bertz CT molecular complexity index is 567. The van der Waals surface area contributed by atoms with Crippen LogP contribution in [0.25, 0.3) is 0 Å². The Labute approximate surface area is 133 Å². The Morgan fingerprint density at radius 3 is 2.52 bits per heavy atom. The molecule has 1 aromatic heterocycles. The van der Waals surface area contributed by atoms with Crippen LogP contribution in [0.5, 0.6) is 0 Å². The number of carbonyl (C=O) groups excluding carboxylic acids is 1. The molecular weight excluding hydrogens is 304 g/mol. The summed E-state index contributed by atoms with van der Waals surface area (Å²) in [7, 11) is 0. The molecule has 126 valence electrons. The van der Waals surface area contributed by atoms with E-state index in [2.05, 4.69) is 15.2 Å². The van der Waals surface area contributed by atoms with Crippen molar-refractivity contribution in [2.75, 3.05) is 18.0 Å². The summed E-state index contributed by atoms with van der Waals surface area (Å²) in [5.74, 6) is -4.32. The van der Waals surface area contributed by atoms with E-state index in [0.29, 0.717) is 12.0 Å². The van der Waals surface area contributed by atoms with Gasteiger partial charge in [0, 0.05) is 25.8 Å². The number of pyridine rings is 1. The van der Waals surface area contributed by atoms with Gasteiger partial charge in [0.05, 0.1) is 0 Å². The number of nitrogens with one attached hydrogen (secondary N) is 1. The maximum Gasteiger partial charge on any atom is 0.352 e. The molecule has 2 aliphatic rings. The predicted octanol–water partition coefficient (Wildman–Crippen LogP) is 1.85. The van der Waals surface area contributed by atoms with Gasteiger partial charge < -0.3 is 15.3 Å². The van der Waals surface area contributed by atoms with Crippen LogP contribution in [-0.4, -0.2) is 40.6 Å². The minimum atomic E-state index is -3.76. The van der Waals surface area contributed by atoms with Gasteiger partial charge in [-0.3, -0.25) is 4.79 Å². The second-order valence-electron chi connectivity index (χ2n) is 6.36. The normalized spacial score (nSPS) is 20.2. The molecular formula is C16H21F2N3O2. The van der Waals surface area contributed by atoms with Crippen LogP contribution >= 0.6 is 0 Å². The first-order valence-electron chi connectivity index (χ1n) is 8.01. The molecule has 0 spiro atoms. The summed E-state index contributed by atoms with van der Waals surface area (Å²) in [6.45, 7) is 1.93. The van der Waals surface area contributed by atoms with E-state index in [-0.39, 0.29) is 19.4 Å². The zero-order chi connectivity index (χ0) is 16.5. The van der Waals surface area contributed by atoms with Gasteiger partial charge in [0.25, 0.3) is 5.91 Å². The average molecular weight is 325 g/mol. The van der Waals surface area contributed by atoms with Crippen LogP contribution in [0.3, 0.4) is 0 Å². The van der Waals surface area contributed by atoms with Crippen LogP contribution in [-0.2, 0) is 11.3 Å². The zero-order valence-electron chi connectivity index (χ0n) is 12.9. The van der Waals surface area contributed by atoms with Crippen molar-refractivity contribution in [3.8, 4) is 0 Å². The fraction of sp³-hybridized carbons (Fsp3) is 0.625. The summed E-state index contributed by atoms with van der Waals surface area (Å²) in [6, 6.07) is 3.61. The van der Waals surface area contributed by atoms with Crippen LogP contribution in [0.15, 0.2) is 18.3 Å². The van der Waals surface area contributed by atoms with Gasteiger partial charge in [0.2, 0.25) is 0 Å². The molecule has 1 saturated heterocycles. The minimum absolute atomic E-state index is 0.0300. The quantitative estimate of drug-likeness (QED) is 0.867. The van der Waals surface area contributed by atoms with Crippen molar-refractivity contribution >= 4 is 11.7 Å². The van der Waals surface area contributed by atoms with Crippen LogP contribution in [0, 0.1) is 0 Å². The molecule has 7 heteroatoms. The number of amides is 1. The van der Waals surface area contributed by atoms with E-state index in [1.54, 1.807) is 12.3 Å². The number of alkyl halides is 2. The summed E-state index contributed by atoms with van der Waals surface area (Å²) >= 11 is 0. The molecule has 1 aromatic rings. The Balaban J connectivity index is 1.56. The minimum Gasteiger partial charge on any atom is -0.383 e. The molecule has 0 bridgehead atoms. The van der Waals surface area contributed by atoms with E-state index in [1.807, 2.05) is 6.07 Å². The van der Waals surface area contributed by atoms with Gasteiger partial charge in [0.1, 0.15) is 11.4 Å². The molecule has 3 rings (SSSR count). The molecule has 5 nitrogen and oxygen atoms in total. The summed E-state index contributed by atoms with van der Waals surface area (Å²) in [6.07, 6.45) is 4.32. The molecule has 1 aliphatic heterocycles. The fourth-order valence-corrected chi connectivity index (χ4v) is 2.98. The molecule has 1 aliphatic carbocycles. The number of hydrogen-bond acceptors (Lipinski definition) is 4. The maximum atomic E-state index is 13.9. The lowest BCUT2D eigenvalue weighted by Gasteiger charge is -2.41. The molecule has 1 saturated carbocycles. The zero-order valence-corrected chi connectivity index (χ0v) is 12.9. The molecule has 1 amide bonds. The first-order valence-corrected chi connectivity index (χ1v) is 8.01. The highest BCUT2D eigenvalue weighted by Crippen LogP contribution is 2.44. The first-order chi connectivity index (χ1) is 10.9. The number of hydrogen-bond donors (Lipinski definition) is 2. The van der Waals surface area contributed by atoms with E-state index in [9.17, 15) is 18.7 Å². The molecule has 2 N–H and O–H groups in total. The van der Waals surface area contributed by atoms with Crippen molar-refractivity contribution < 1.29 is 18.7 Å². The van der Waals surface area contributed by atoms with Gasteiger partial charge in [-0.05, 0) is 43.7 Å². The molecule has 0 atom stereocenters. The van der Waals surface area contributed by atoms with Gasteiger partial charge in [0.15, 0.2) is 0 Å². The molecule has 2 heterocycles. The lowest BCUT2D eigenvalue weighted by atomic mass is 9.75. The number of rotatable bonds is 5. The third kappa shape index (κ3) is 3.02. The van der Waals surface area contributed by atoms with Crippen molar-refractivity contribution in [2.45, 2.75) is 50.2 Å². The summed E-state index contributed by atoms with van der Waals surface area (Å²) in [4.78, 5) is 18.2. The molecule has 2 fully saturated rings. The number of carbonyl (C=O) groups is 1. The topological polar surface area (TPSA) is 65.5 Å². The Hall–Kier alpha value is -1.76. The molecule has 23 heavy (non-hydrogen) atoms. The lowest BCUT2D eigenvalue weighted by molar-refractivity contribution is -0.216. The number of aliphatic hydroxyl groups is 1. The third-order valence-corrected chi connectivity index (χ3v) is 4.74. The van der Waals surface area contributed by atoms with Crippen molar-refractivity contribution in [1.82, 2.24) is 10.3 Å². The Morgan fingerprint density at radius 1 is 1.30 bits per heavy atom. The van der Waals surface area contributed by atoms with E-state index in [1.165, 1.54) is 0 Å². The molecule has 0 unspecified atom stereocenters. The maximum absolute atomic E-state index is 13.9. The monoisotopic (exact) mass is 325 g/mol. The highest BCUT2D eigenvalue weighted by Gasteiger charge is 2.61. The van der Waals surface area contributed by atoms with Gasteiger partial charge in [-0.1, -0.05) is 6.07 Å². The first kappa shape index (κ1) is 16.1. The van der Waals surface area contributed by atoms with Crippen LogP contribution in [0.1, 0.15) is 37.7 Å². The average Bonchev–Trinajstić information content (AvgIpc) is 3.05. The second-order valence-corrected chi connectivity index (χ2v) is 6.36. The van der Waals surface area contributed by atoms with Crippen LogP contribution < -0.4 is 10.2 Å². The molecule has 0 radical (unpaired) electrons. The standard InChI is InChI=1S/C16H21F2N3O2/c17-16(18,15(23)6-3-7-15)14(22)20-11-12-4-5-13(19-10-12)21-8-1-2-9-21/h4-5,10,23H,1-3,6-9,11H2,(H,20,22). The highest BCUT2D eigenvalue weighted by atomic mass is 19.3. The predicted molar refractivity (Wildman–Crippen MR) is 81.3 cm³/mol. The van der Waals surface area contributed by atoms with Gasteiger partial charge in [-0.15, -0.1) is 0 Å². The van der Waals surface area contributed by atoms with E-state index in [4.69, 9.17) is 0 Å². The van der Waals surface area contributed by atoms with E-state index < -0.39 is 17.4 Å². The number of aromatic nitrogens is 1.